The number of aliphatic hydroxyl groups excluding tert-OH is 3. The first-order valence-electron chi connectivity index (χ1n) is 21.5. The number of rotatable bonds is 34. The highest BCUT2D eigenvalue weighted by Crippen LogP contribution is 2.13. The maximum Gasteiger partial charge on any atom is 0.338 e. The van der Waals surface area contributed by atoms with Crippen LogP contribution in [0.1, 0.15) is 125 Å². The molecule has 7 amide bonds. The minimum atomic E-state index is -1.67. The number of nitrogens with two attached hydrogens (primary N) is 3. The van der Waals surface area contributed by atoms with Crippen molar-refractivity contribution in [3.63, 3.8) is 0 Å². The third-order valence-corrected chi connectivity index (χ3v) is 9.90. The molecule has 7 atom stereocenters. The monoisotopic (exact) mass is 888 g/mol. The maximum absolute atomic E-state index is 13.5. The summed E-state index contributed by atoms with van der Waals surface area (Å²) in [4.78, 5) is 104. The van der Waals surface area contributed by atoms with E-state index in [1.54, 1.807) is 27.7 Å². The predicted octanol–water partition coefficient (Wildman–Crippen LogP) is -4.04. The zero-order valence-electron chi connectivity index (χ0n) is 37.0. The summed E-state index contributed by atoms with van der Waals surface area (Å²) in [6.45, 7) is 6.53. The third kappa shape index (κ3) is 25.0. The van der Waals surface area contributed by atoms with E-state index in [2.05, 4.69) is 36.9 Å². The van der Waals surface area contributed by atoms with Crippen molar-refractivity contribution in [2.24, 2.45) is 29.0 Å². The molecular formula is C40H75N10O12+. The van der Waals surface area contributed by atoms with Crippen molar-refractivity contribution in [3.05, 3.63) is 0 Å². The minimum Gasteiger partial charge on any atom is -0.480 e. The second kappa shape index (κ2) is 31.7. The van der Waals surface area contributed by atoms with E-state index < -0.39 is 115 Å². The summed E-state index contributed by atoms with van der Waals surface area (Å²) in [7, 11) is 0. The van der Waals surface area contributed by atoms with Crippen LogP contribution in [0.5, 0.6) is 0 Å². The number of carboxylic acid groups (broad SMARTS) is 1. The molecular weight excluding hydrogens is 812 g/mol. The van der Waals surface area contributed by atoms with Crippen molar-refractivity contribution >= 4 is 53.3 Å². The standard InChI is InChI=1S/C40H74N10O12/c1-23(2)32(37(59)48-29(22-52)35(57)47-27(17-18-30(41)54)34(56)45-25(5)39(61)62)50-38(60)33(24(3)4)49-36(58)28(21-51)46-31(55)20-26(53)16-14-12-10-8-6-7-9-11-13-15-19-44-40(42)43/h23-29,32-33,51-53H,6-22H2,1-5H3,(H2,41,54)(H,45,56)(H,46,55)(H,47,57)(H,48,59)(H,49,58)(H,50,60)(H,61,62)(H4,42,43,44)/p+1. The van der Waals surface area contributed by atoms with Crippen LogP contribution in [0.15, 0.2) is 0 Å². The Labute approximate surface area is 364 Å². The predicted molar refractivity (Wildman–Crippen MR) is 228 cm³/mol. The lowest BCUT2D eigenvalue weighted by molar-refractivity contribution is -0.459. The fourth-order valence-corrected chi connectivity index (χ4v) is 6.14. The van der Waals surface area contributed by atoms with E-state index >= 15 is 0 Å². The van der Waals surface area contributed by atoms with Crippen LogP contribution in [0.2, 0.25) is 0 Å². The lowest BCUT2D eigenvalue weighted by Gasteiger charge is -2.29. The molecule has 22 heteroatoms. The zero-order valence-corrected chi connectivity index (χ0v) is 37.0. The number of primary amides is 1. The Hall–Kier alpha value is -5.09. The van der Waals surface area contributed by atoms with E-state index in [0.29, 0.717) is 12.8 Å². The van der Waals surface area contributed by atoms with Crippen LogP contribution in [-0.4, -0.2) is 136 Å². The Morgan fingerprint density at radius 3 is 1.42 bits per heavy atom. The largest absolute Gasteiger partial charge is 0.480 e. The van der Waals surface area contributed by atoms with Gasteiger partial charge in [-0.25, -0.2) is 0 Å². The number of aliphatic carboxylic acids is 1. The highest BCUT2D eigenvalue weighted by atomic mass is 16.4. The Morgan fingerprint density at radius 1 is 0.532 bits per heavy atom. The van der Waals surface area contributed by atoms with Gasteiger partial charge in [0.1, 0.15) is 36.3 Å². The normalized spacial score (nSPS) is 14.5. The van der Waals surface area contributed by atoms with Crippen molar-refractivity contribution in [3.8, 4) is 0 Å². The van der Waals surface area contributed by atoms with Gasteiger partial charge in [-0.15, -0.1) is 0 Å². The molecule has 0 saturated carbocycles. The number of carboxylic acids is 1. The quantitative estimate of drug-likeness (QED) is 0.0166. The molecule has 0 aromatic carbocycles. The van der Waals surface area contributed by atoms with Crippen LogP contribution >= 0.6 is 0 Å². The second-order valence-electron chi connectivity index (χ2n) is 16.2. The van der Waals surface area contributed by atoms with Crippen molar-refractivity contribution in [1.82, 2.24) is 31.9 Å². The van der Waals surface area contributed by atoms with E-state index in [-0.39, 0.29) is 25.2 Å². The maximum atomic E-state index is 13.5. The van der Waals surface area contributed by atoms with Crippen LogP contribution in [0.4, 0.5) is 0 Å². The molecule has 17 N–H and O–H groups in total. The molecule has 0 radical (unpaired) electrons. The van der Waals surface area contributed by atoms with Gasteiger partial charge in [0.05, 0.1) is 32.3 Å². The molecule has 0 rings (SSSR count). The molecule has 0 aromatic heterocycles. The molecule has 0 aromatic rings. The van der Waals surface area contributed by atoms with Crippen molar-refractivity contribution in [2.75, 3.05) is 19.8 Å². The summed E-state index contributed by atoms with van der Waals surface area (Å²) in [5.41, 5.74) is 15.9. The number of nitrogens with one attached hydrogen (secondary N) is 7. The topological polar surface area (TPSA) is 382 Å². The number of hydrogen-bond donors (Lipinski definition) is 14. The summed E-state index contributed by atoms with van der Waals surface area (Å²) in [6, 6.07) is -8.55. The molecule has 0 heterocycles. The molecule has 0 fully saturated rings. The van der Waals surface area contributed by atoms with E-state index in [9.17, 15) is 53.7 Å². The van der Waals surface area contributed by atoms with Crippen LogP contribution in [0.3, 0.4) is 0 Å². The molecule has 0 aliphatic carbocycles. The minimum absolute atomic E-state index is 0.241. The smallest absolute Gasteiger partial charge is 0.338 e. The summed E-state index contributed by atoms with van der Waals surface area (Å²) in [6.07, 6.45) is 8.87. The number of amides is 7. The SMILES string of the molecule is CC(NC(=O)C(CCC(N)=O)NC(=O)C(CO)NC(=O)C(NC(=O)C(NC(=O)C(CO)NC(=O)CC(O)CCCCCCCCCCCC[NH+]=C(N)N)C(C)C)C(C)C)C(=O)O. The summed E-state index contributed by atoms with van der Waals surface area (Å²) in [5, 5.41) is 53.6. The lowest BCUT2D eigenvalue weighted by Crippen LogP contribution is -2.78. The molecule has 62 heavy (non-hydrogen) atoms. The first kappa shape index (κ1) is 56.9. The van der Waals surface area contributed by atoms with Gasteiger partial charge in [-0.3, -0.25) is 54.8 Å². The molecule has 22 nitrogen and oxygen atoms in total. The number of carbonyl (C=O) groups is 8. The number of unbranched alkanes of at least 4 members (excludes halogenated alkanes) is 9. The van der Waals surface area contributed by atoms with Gasteiger partial charge in [0.2, 0.25) is 41.4 Å². The average Bonchev–Trinajstić information content (AvgIpc) is 3.19. The van der Waals surface area contributed by atoms with Gasteiger partial charge < -0.3 is 58.1 Å². The first-order chi connectivity index (χ1) is 29.1. The van der Waals surface area contributed by atoms with E-state index in [1.165, 1.54) is 6.92 Å². The van der Waals surface area contributed by atoms with Gasteiger partial charge in [0, 0.05) is 6.42 Å². The fourth-order valence-electron chi connectivity index (χ4n) is 6.14. The average molecular weight is 888 g/mol. The molecule has 0 bridgehead atoms. The van der Waals surface area contributed by atoms with Gasteiger partial charge in [-0.05, 0) is 38.0 Å². The van der Waals surface area contributed by atoms with Crippen LogP contribution in [0.25, 0.3) is 0 Å². The van der Waals surface area contributed by atoms with E-state index in [0.717, 1.165) is 64.3 Å². The van der Waals surface area contributed by atoms with Crippen LogP contribution in [-0.2, 0) is 38.4 Å². The van der Waals surface area contributed by atoms with Crippen LogP contribution < -0.4 is 54.1 Å². The number of hydrogen-bond acceptors (Lipinski definition) is 11. The zero-order chi connectivity index (χ0) is 47.4. The molecule has 0 aliphatic rings. The number of guanidine groups is 1. The number of carbonyl (C=O) groups excluding carboxylic acids is 7. The van der Waals surface area contributed by atoms with Gasteiger partial charge in [0.15, 0.2) is 0 Å². The Morgan fingerprint density at radius 2 is 0.952 bits per heavy atom. The summed E-state index contributed by atoms with van der Waals surface area (Å²) in [5.74, 6) is -8.46. The van der Waals surface area contributed by atoms with Gasteiger partial charge >= 0.3 is 11.9 Å². The van der Waals surface area contributed by atoms with Crippen molar-refractivity contribution < 1.29 is 63.8 Å². The third-order valence-electron chi connectivity index (χ3n) is 9.90. The highest BCUT2D eigenvalue weighted by molar-refractivity contribution is 5.97. The Kier molecular flexibility index (Phi) is 29.1. The number of aliphatic hydroxyl groups is 3. The van der Waals surface area contributed by atoms with Gasteiger partial charge in [-0.1, -0.05) is 85.5 Å². The van der Waals surface area contributed by atoms with Gasteiger partial charge in [-0.2, -0.15) is 0 Å². The van der Waals surface area contributed by atoms with Crippen molar-refractivity contribution in [2.45, 2.75) is 167 Å². The van der Waals surface area contributed by atoms with Crippen LogP contribution in [0, 0.1) is 11.8 Å². The first-order valence-corrected chi connectivity index (χ1v) is 21.5. The second-order valence-corrected chi connectivity index (χ2v) is 16.2. The van der Waals surface area contributed by atoms with Crippen molar-refractivity contribution in [1.29, 1.82) is 0 Å². The Balaban J connectivity index is 5.20. The molecule has 0 aliphatic heterocycles. The summed E-state index contributed by atoms with van der Waals surface area (Å²) < 4.78 is 0. The Bertz CT molecular complexity index is 1460. The van der Waals surface area contributed by atoms with E-state index in [4.69, 9.17) is 22.3 Å². The molecule has 356 valence electrons. The molecule has 0 spiro atoms. The highest BCUT2D eigenvalue weighted by Gasteiger charge is 2.35. The molecule has 7 unspecified atom stereocenters. The van der Waals surface area contributed by atoms with Gasteiger partial charge in [0.25, 0.3) is 0 Å². The fraction of sp³-hybridized carbons (Fsp3) is 0.775. The summed E-state index contributed by atoms with van der Waals surface area (Å²) >= 11 is 0. The van der Waals surface area contributed by atoms with E-state index in [1.807, 2.05) is 0 Å². The molecule has 0 saturated heterocycles. The lowest BCUT2D eigenvalue weighted by atomic mass is 9.99.